The zero-order chi connectivity index (χ0) is 17.5. The maximum Gasteiger partial charge on any atom is 0.198 e. The summed E-state index contributed by atoms with van der Waals surface area (Å²) in [5.74, 6) is 1.09. The molecule has 1 atom stereocenters. The summed E-state index contributed by atoms with van der Waals surface area (Å²) in [5, 5.41) is 4.59. The van der Waals surface area contributed by atoms with Gasteiger partial charge in [0.15, 0.2) is 14.6 Å². The molecule has 2 aromatic rings. The molecule has 1 fully saturated rings. The van der Waals surface area contributed by atoms with Gasteiger partial charge in [-0.2, -0.15) is 5.10 Å². The Morgan fingerprint density at radius 3 is 2.83 bits per heavy atom. The van der Waals surface area contributed by atoms with Gasteiger partial charge < -0.3 is 4.57 Å². The first-order valence-corrected chi connectivity index (χ1v) is 10.9. The molecule has 10 heteroatoms. The molecule has 3 heterocycles. The minimum Gasteiger partial charge on any atom is -0.307 e. The van der Waals surface area contributed by atoms with Gasteiger partial charge >= 0.3 is 0 Å². The van der Waals surface area contributed by atoms with Gasteiger partial charge in [-0.3, -0.25) is 4.90 Å². The molecule has 24 heavy (non-hydrogen) atoms. The predicted octanol–water partition coefficient (Wildman–Crippen LogP) is 2.66. The van der Waals surface area contributed by atoms with E-state index in [0.29, 0.717) is 17.9 Å². The van der Waals surface area contributed by atoms with Gasteiger partial charge in [-0.05, 0) is 37.8 Å². The average molecular weight is 407 g/mol. The zero-order valence-corrected chi connectivity index (χ0v) is 16.7. The van der Waals surface area contributed by atoms with Crippen LogP contribution in [0.15, 0.2) is 12.1 Å². The number of sulfone groups is 1. The fourth-order valence-electron chi connectivity index (χ4n) is 2.93. The molecule has 1 unspecified atom stereocenters. The van der Waals surface area contributed by atoms with E-state index in [0.717, 1.165) is 16.7 Å². The van der Waals surface area contributed by atoms with E-state index in [1.807, 2.05) is 30.8 Å². The third-order valence-corrected chi connectivity index (χ3v) is 7.57. The summed E-state index contributed by atoms with van der Waals surface area (Å²) in [7, 11) is 0.899. The molecule has 6 nitrogen and oxygen atoms in total. The SMILES string of the molecule is CN(Cc1ccc(Cl)s1)Cn1nc(C2CCS(=O)(=O)C2)n(C)c1=S. The standard InChI is InChI=1S/C14H19ClN4O2S3/c1-17(7-11-3-4-12(15)23-11)9-19-14(22)18(2)13(16-19)10-5-6-24(20,21)8-10/h3-4,10H,5-9H2,1-2H3. The zero-order valence-electron chi connectivity index (χ0n) is 13.5. The number of hydrogen-bond acceptors (Lipinski definition) is 6. The van der Waals surface area contributed by atoms with Crippen LogP contribution in [0.4, 0.5) is 0 Å². The molecule has 0 radical (unpaired) electrons. The van der Waals surface area contributed by atoms with Crippen LogP contribution in [0.5, 0.6) is 0 Å². The Morgan fingerprint density at radius 1 is 1.50 bits per heavy atom. The highest BCUT2D eigenvalue weighted by Crippen LogP contribution is 2.28. The second-order valence-corrected chi connectivity index (χ2v) is 10.6. The van der Waals surface area contributed by atoms with Gasteiger partial charge in [0.2, 0.25) is 0 Å². The lowest BCUT2D eigenvalue weighted by Crippen LogP contribution is -2.22. The van der Waals surface area contributed by atoms with Crippen LogP contribution in [0.3, 0.4) is 0 Å². The van der Waals surface area contributed by atoms with Gasteiger partial charge in [-0.1, -0.05) is 11.6 Å². The smallest absolute Gasteiger partial charge is 0.198 e. The van der Waals surface area contributed by atoms with Crippen LogP contribution in [-0.4, -0.2) is 46.2 Å². The first-order valence-electron chi connectivity index (χ1n) is 7.52. The molecule has 0 N–H and O–H groups in total. The summed E-state index contributed by atoms with van der Waals surface area (Å²) in [4.78, 5) is 3.27. The fraction of sp³-hybridized carbons (Fsp3) is 0.571. The Balaban J connectivity index is 1.75. The van der Waals surface area contributed by atoms with Crippen LogP contribution in [-0.2, 0) is 30.1 Å². The largest absolute Gasteiger partial charge is 0.307 e. The maximum absolute atomic E-state index is 11.7. The topological polar surface area (TPSA) is 60.1 Å². The van der Waals surface area contributed by atoms with E-state index in [9.17, 15) is 8.42 Å². The summed E-state index contributed by atoms with van der Waals surface area (Å²) < 4.78 is 28.4. The molecule has 0 amide bonds. The Labute approximate surface area is 155 Å². The van der Waals surface area contributed by atoms with Crippen molar-refractivity contribution in [2.24, 2.45) is 7.05 Å². The van der Waals surface area contributed by atoms with Crippen LogP contribution < -0.4 is 0 Å². The van der Waals surface area contributed by atoms with Gasteiger partial charge in [0.1, 0.15) is 5.82 Å². The summed E-state index contributed by atoms with van der Waals surface area (Å²) in [6.07, 6.45) is 0.617. The molecular formula is C14H19ClN4O2S3. The lowest BCUT2D eigenvalue weighted by atomic mass is 10.1. The normalized spacial score (nSPS) is 20.1. The van der Waals surface area contributed by atoms with Crippen molar-refractivity contribution < 1.29 is 8.42 Å². The molecule has 0 bridgehead atoms. The number of hydrogen-bond donors (Lipinski definition) is 0. The van der Waals surface area contributed by atoms with Crippen molar-refractivity contribution in [3.8, 4) is 0 Å². The van der Waals surface area contributed by atoms with Crippen molar-refractivity contribution in [1.29, 1.82) is 0 Å². The molecular weight excluding hydrogens is 388 g/mol. The molecule has 0 aliphatic carbocycles. The van der Waals surface area contributed by atoms with Gasteiger partial charge in [0.25, 0.3) is 0 Å². The molecule has 1 saturated heterocycles. The fourth-order valence-corrected chi connectivity index (χ4v) is 6.03. The monoisotopic (exact) mass is 406 g/mol. The lowest BCUT2D eigenvalue weighted by molar-refractivity contribution is 0.245. The molecule has 2 aromatic heterocycles. The molecule has 0 spiro atoms. The minimum absolute atomic E-state index is 0.0654. The van der Waals surface area contributed by atoms with Gasteiger partial charge in [0, 0.05) is 24.4 Å². The second kappa shape index (κ2) is 6.87. The highest BCUT2D eigenvalue weighted by atomic mass is 35.5. The number of rotatable bonds is 5. The van der Waals surface area contributed by atoms with Crippen molar-refractivity contribution in [2.45, 2.75) is 25.6 Å². The first kappa shape index (κ1) is 18.1. The highest BCUT2D eigenvalue weighted by molar-refractivity contribution is 7.91. The Morgan fingerprint density at radius 2 is 2.25 bits per heavy atom. The number of nitrogens with zero attached hydrogens (tertiary/aromatic N) is 4. The van der Waals surface area contributed by atoms with E-state index in [-0.39, 0.29) is 17.4 Å². The maximum atomic E-state index is 11.7. The Bertz CT molecular complexity index is 900. The van der Waals surface area contributed by atoms with Crippen LogP contribution in [0.25, 0.3) is 0 Å². The van der Waals surface area contributed by atoms with Gasteiger partial charge in [0.05, 0.1) is 22.5 Å². The van der Waals surface area contributed by atoms with Crippen molar-refractivity contribution in [3.63, 3.8) is 0 Å². The molecule has 0 saturated carbocycles. The van der Waals surface area contributed by atoms with E-state index < -0.39 is 9.84 Å². The molecule has 1 aliphatic rings. The summed E-state index contributed by atoms with van der Waals surface area (Å²) in [6, 6.07) is 3.90. The highest BCUT2D eigenvalue weighted by Gasteiger charge is 2.32. The molecule has 132 valence electrons. The molecule has 3 rings (SSSR count). The van der Waals surface area contributed by atoms with Crippen molar-refractivity contribution >= 4 is 45.0 Å². The second-order valence-electron chi connectivity index (χ2n) is 6.16. The van der Waals surface area contributed by atoms with Crippen LogP contribution in [0.2, 0.25) is 4.34 Å². The quantitative estimate of drug-likeness (QED) is 0.714. The first-order chi connectivity index (χ1) is 11.2. The van der Waals surface area contributed by atoms with E-state index >= 15 is 0 Å². The number of halogens is 1. The average Bonchev–Trinajstić information content (AvgIpc) is 3.13. The number of thiophene rings is 1. The van der Waals surface area contributed by atoms with Crippen LogP contribution in [0, 0.1) is 4.77 Å². The summed E-state index contributed by atoms with van der Waals surface area (Å²) in [6.45, 7) is 1.30. The van der Waals surface area contributed by atoms with Crippen LogP contribution >= 0.6 is 35.2 Å². The summed E-state index contributed by atoms with van der Waals surface area (Å²) in [5.41, 5.74) is 0. The third-order valence-electron chi connectivity index (χ3n) is 4.10. The van der Waals surface area contributed by atoms with E-state index in [4.69, 9.17) is 23.8 Å². The summed E-state index contributed by atoms with van der Waals surface area (Å²) >= 11 is 13.0. The van der Waals surface area contributed by atoms with E-state index in [1.54, 1.807) is 16.0 Å². The predicted molar refractivity (Wildman–Crippen MR) is 98.8 cm³/mol. The van der Waals surface area contributed by atoms with Crippen LogP contribution in [0.1, 0.15) is 23.0 Å². The third kappa shape index (κ3) is 3.91. The van der Waals surface area contributed by atoms with E-state index in [2.05, 4.69) is 10.00 Å². The molecule has 0 aromatic carbocycles. The van der Waals surface area contributed by atoms with Gasteiger partial charge in [-0.25, -0.2) is 13.1 Å². The number of aromatic nitrogens is 3. The Hall–Kier alpha value is -0.740. The van der Waals surface area contributed by atoms with E-state index in [1.165, 1.54) is 4.88 Å². The lowest BCUT2D eigenvalue weighted by Gasteiger charge is -2.15. The molecule has 1 aliphatic heterocycles. The van der Waals surface area contributed by atoms with Gasteiger partial charge in [-0.15, -0.1) is 11.3 Å². The van der Waals surface area contributed by atoms with Crippen molar-refractivity contribution in [2.75, 3.05) is 18.6 Å². The van der Waals surface area contributed by atoms with Crippen molar-refractivity contribution in [3.05, 3.63) is 31.9 Å². The Kier molecular flexibility index (Phi) is 5.17. The minimum atomic E-state index is -2.94. The van der Waals surface area contributed by atoms with Crippen molar-refractivity contribution in [1.82, 2.24) is 19.2 Å².